The Labute approximate surface area is 175 Å². The first-order valence-corrected chi connectivity index (χ1v) is 10.3. The summed E-state index contributed by atoms with van der Waals surface area (Å²) < 4.78 is 16.3. The second-order valence-corrected chi connectivity index (χ2v) is 8.61. The van der Waals surface area contributed by atoms with E-state index in [2.05, 4.69) is 21.5 Å². The zero-order valence-electron chi connectivity index (χ0n) is 15.7. The SMILES string of the molecule is Cc1ccc2nc(-n3nc(C)c4c3NC(=O)CC4c3ccc(F)cc3Cl)sc2c1. The zero-order chi connectivity index (χ0) is 20.3. The molecule has 1 aliphatic rings. The van der Waals surface area contributed by atoms with Gasteiger partial charge in [-0.3, -0.25) is 4.79 Å². The molecule has 146 valence electrons. The molecule has 0 radical (unpaired) electrons. The van der Waals surface area contributed by atoms with E-state index >= 15 is 0 Å². The van der Waals surface area contributed by atoms with Crippen LogP contribution >= 0.6 is 22.9 Å². The lowest BCUT2D eigenvalue weighted by Crippen LogP contribution is -2.25. The maximum Gasteiger partial charge on any atom is 0.226 e. The van der Waals surface area contributed by atoms with E-state index in [9.17, 15) is 9.18 Å². The average Bonchev–Trinajstić information content (AvgIpc) is 3.21. The minimum atomic E-state index is -0.406. The quantitative estimate of drug-likeness (QED) is 0.469. The molecule has 0 aliphatic carbocycles. The summed E-state index contributed by atoms with van der Waals surface area (Å²) in [5.74, 6) is -0.241. The van der Waals surface area contributed by atoms with Crippen LogP contribution in [0.3, 0.4) is 0 Å². The highest BCUT2D eigenvalue weighted by atomic mass is 35.5. The minimum Gasteiger partial charge on any atom is -0.310 e. The number of aromatic nitrogens is 3. The van der Waals surface area contributed by atoms with Crippen LogP contribution in [0, 0.1) is 19.7 Å². The summed E-state index contributed by atoms with van der Waals surface area (Å²) in [6.07, 6.45) is 0.226. The fourth-order valence-electron chi connectivity index (χ4n) is 3.85. The number of rotatable bonds is 2. The van der Waals surface area contributed by atoms with Gasteiger partial charge in [0.05, 0.1) is 15.9 Å². The minimum absolute atomic E-state index is 0.138. The normalized spacial score (nSPS) is 16.1. The van der Waals surface area contributed by atoms with E-state index in [-0.39, 0.29) is 18.2 Å². The van der Waals surface area contributed by atoms with Gasteiger partial charge in [-0.15, -0.1) is 0 Å². The highest BCUT2D eigenvalue weighted by Crippen LogP contribution is 2.43. The summed E-state index contributed by atoms with van der Waals surface area (Å²) in [6.45, 7) is 3.94. The van der Waals surface area contributed by atoms with Crippen LogP contribution in [0.4, 0.5) is 10.2 Å². The summed E-state index contributed by atoms with van der Waals surface area (Å²) in [5, 5.41) is 8.60. The molecule has 8 heteroatoms. The number of amides is 1. The molecule has 2 aromatic carbocycles. The molecule has 0 bridgehead atoms. The molecule has 1 N–H and O–H groups in total. The number of nitrogens with zero attached hydrogens (tertiary/aromatic N) is 3. The van der Waals surface area contributed by atoms with Crippen LogP contribution in [0.2, 0.25) is 5.02 Å². The fourth-order valence-corrected chi connectivity index (χ4v) is 5.17. The lowest BCUT2D eigenvalue weighted by Gasteiger charge is -2.24. The Bertz CT molecular complexity index is 1300. The number of anilines is 1. The van der Waals surface area contributed by atoms with Gasteiger partial charge >= 0.3 is 0 Å². The second kappa shape index (κ2) is 6.64. The predicted octanol–water partition coefficient (Wildman–Crippen LogP) is 5.37. The molecule has 29 heavy (non-hydrogen) atoms. The maximum atomic E-state index is 13.5. The lowest BCUT2D eigenvalue weighted by molar-refractivity contribution is -0.116. The molecule has 3 heterocycles. The molecule has 0 saturated heterocycles. The number of carbonyl (C=O) groups excluding carboxylic acids is 1. The molecule has 2 aromatic heterocycles. The van der Waals surface area contributed by atoms with Crippen LogP contribution in [-0.2, 0) is 4.79 Å². The molecule has 5 rings (SSSR count). The number of thiazole rings is 1. The van der Waals surface area contributed by atoms with Gasteiger partial charge in [-0.2, -0.15) is 9.78 Å². The third-order valence-electron chi connectivity index (χ3n) is 5.15. The van der Waals surface area contributed by atoms with Crippen molar-refractivity contribution in [1.82, 2.24) is 14.8 Å². The van der Waals surface area contributed by atoms with Crippen LogP contribution in [0.25, 0.3) is 15.3 Å². The van der Waals surface area contributed by atoms with Crippen LogP contribution in [0.1, 0.15) is 34.7 Å². The molecule has 1 atom stereocenters. The van der Waals surface area contributed by atoms with Crippen molar-refractivity contribution in [2.75, 3.05) is 5.32 Å². The summed E-state index contributed by atoms with van der Waals surface area (Å²) in [4.78, 5) is 17.2. The Morgan fingerprint density at radius 2 is 2.07 bits per heavy atom. The predicted molar refractivity (Wildman–Crippen MR) is 113 cm³/mol. The van der Waals surface area contributed by atoms with Crippen molar-refractivity contribution in [1.29, 1.82) is 0 Å². The van der Waals surface area contributed by atoms with Crippen LogP contribution in [-0.4, -0.2) is 20.7 Å². The fraction of sp³-hybridized carbons (Fsp3) is 0.190. The van der Waals surface area contributed by atoms with Crippen molar-refractivity contribution in [3.05, 3.63) is 69.6 Å². The maximum absolute atomic E-state index is 13.5. The van der Waals surface area contributed by atoms with Crippen molar-refractivity contribution < 1.29 is 9.18 Å². The van der Waals surface area contributed by atoms with Crippen LogP contribution < -0.4 is 5.32 Å². The molecule has 5 nitrogen and oxygen atoms in total. The van der Waals surface area contributed by atoms with Crippen molar-refractivity contribution in [2.45, 2.75) is 26.2 Å². The molecule has 1 aliphatic heterocycles. The van der Waals surface area contributed by atoms with Gasteiger partial charge in [0.15, 0.2) is 0 Å². The zero-order valence-corrected chi connectivity index (χ0v) is 17.2. The molecule has 1 amide bonds. The summed E-state index contributed by atoms with van der Waals surface area (Å²) in [6, 6.07) is 10.4. The van der Waals surface area contributed by atoms with Gasteiger partial charge in [-0.1, -0.05) is 35.1 Å². The van der Waals surface area contributed by atoms with Gasteiger partial charge in [0.1, 0.15) is 11.6 Å². The average molecular weight is 427 g/mol. The number of hydrogen-bond acceptors (Lipinski definition) is 4. The van der Waals surface area contributed by atoms with E-state index in [1.54, 1.807) is 10.7 Å². The number of benzene rings is 2. The number of fused-ring (bicyclic) bond motifs is 2. The number of carbonyl (C=O) groups is 1. The summed E-state index contributed by atoms with van der Waals surface area (Å²) >= 11 is 7.83. The highest BCUT2D eigenvalue weighted by Gasteiger charge is 2.34. The molecule has 0 fully saturated rings. The van der Waals surface area contributed by atoms with Crippen molar-refractivity contribution in [3.63, 3.8) is 0 Å². The van der Waals surface area contributed by atoms with Gasteiger partial charge in [-0.05, 0) is 49.2 Å². The third kappa shape index (κ3) is 3.01. The Morgan fingerprint density at radius 3 is 2.86 bits per heavy atom. The Kier molecular flexibility index (Phi) is 4.18. The van der Waals surface area contributed by atoms with Gasteiger partial charge < -0.3 is 5.32 Å². The van der Waals surface area contributed by atoms with Crippen molar-refractivity contribution in [2.24, 2.45) is 0 Å². The van der Waals surface area contributed by atoms with E-state index in [0.29, 0.717) is 21.5 Å². The van der Waals surface area contributed by atoms with Gasteiger partial charge in [0, 0.05) is 22.9 Å². The smallest absolute Gasteiger partial charge is 0.226 e. The van der Waals surface area contributed by atoms with Crippen LogP contribution in [0.15, 0.2) is 36.4 Å². The second-order valence-electron chi connectivity index (χ2n) is 7.20. The van der Waals surface area contributed by atoms with Gasteiger partial charge in [0.25, 0.3) is 0 Å². The molecule has 0 saturated carbocycles. The largest absolute Gasteiger partial charge is 0.310 e. The van der Waals surface area contributed by atoms with E-state index in [0.717, 1.165) is 27.0 Å². The molecular weight excluding hydrogens is 411 g/mol. The topological polar surface area (TPSA) is 59.8 Å². The van der Waals surface area contributed by atoms with Crippen LogP contribution in [0.5, 0.6) is 0 Å². The summed E-state index contributed by atoms with van der Waals surface area (Å²) in [5.41, 5.74) is 4.42. The number of hydrogen-bond donors (Lipinski definition) is 1. The summed E-state index contributed by atoms with van der Waals surface area (Å²) in [7, 11) is 0. The standard InChI is InChI=1S/C21H16ClFN4OS/c1-10-3-6-16-17(7-10)29-21(24-16)27-20-19(11(2)26-27)14(9-18(28)25-20)13-5-4-12(23)8-15(13)22/h3-8,14H,9H2,1-2H3,(H,25,28). The lowest BCUT2D eigenvalue weighted by atomic mass is 9.86. The van der Waals surface area contributed by atoms with Gasteiger partial charge in [0.2, 0.25) is 11.0 Å². The van der Waals surface area contributed by atoms with Crippen molar-refractivity contribution >= 4 is 44.9 Å². The molecular formula is C21H16ClFN4OS. The van der Waals surface area contributed by atoms with E-state index < -0.39 is 5.82 Å². The molecule has 4 aromatic rings. The monoisotopic (exact) mass is 426 g/mol. The van der Waals surface area contributed by atoms with Gasteiger partial charge in [-0.25, -0.2) is 9.37 Å². The molecule has 0 spiro atoms. The highest BCUT2D eigenvalue weighted by molar-refractivity contribution is 7.20. The third-order valence-corrected chi connectivity index (χ3v) is 6.48. The van der Waals surface area contributed by atoms with Crippen molar-refractivity contribution in [3.8, 4) is 5.13 Å². The van der Waals surface area contributed by atoms with E-state index in [1.165, 1.54) is 23.5 Å². The van der Waals surface area contributed by atoms with E-state index in [1.807, 2.05) is 26.0 Å². The number of aryl methyl sites for hydroxylation is 2. The van der Waals surface area contributed by atoms with E-state index in [4.69, 9.17) is 11.6 Å². The first-order valence-electron chi connectivity index (χ1n) is 9.12. The Balaban J connectivity index is 1.68. The number of nitrogens with one attached hydrogen (secondary N) is 1. The first-order chi connectivity index (χ1) is 13.9. The molecule has 1 unspecified atom stereocenters. The Morgan fingerprint density at radius 1 is 1.24 bits per heavy atom. The Hall–Kier alpha value is -2.77. The number of halogens is 2. The first kappa shape index (κ1) is 18.3.